The number of halogens is 1. The molecule has 2 aromatic carbocycles. The Morgan fingerprint density at radius 2 is 1.83 bits per heavy atom. The zero-order chi connectivity index (χ0) is 17.5. The van der Waals surface area contributed by atoms with Crippen LogP contribution >= 0.6 is 15.9 Å². The summed E-state index contributed by atoms with van der Waals surface area (Å²) >= 11 is 3.38. The van der Waals surface area contributed by atoms with Crippen LogP contribution in [0.25, 0.3) is 0 Å². The Balaban J connectivity index is 1.93. The third-order valence-electron chi connectivity index (χ3n) is 3.58. The van der Waals surface area contributed by atoms with E-state index in [1.54, 1.807) is 14.2 Å². The standard InChI is InChI=1S/C18H21BrN2O3/c1-21(11-13-4-9-16(23-2)10-17(13)24-3)12-18(22)20-15-7-5-14(19)6-8-15/h4-10H,11-12H2,1-3H3,(H,20,22)/p+1. The van der Waals surface area contributed by atoms with Crippen molar-refractivity contribution in [1.82, 2.24) is 0 Å². The van der Waals surface area contributed by atoms with E-state index >= 15 is 0 Å². The first-order valence-electron chi connectivity index (χ1n) is 7.59. The summed E-state index contributed by atoms with van der Waals surface area (Å²) in [4.78, 5) is 13.2. The molecular weight excluding hydrogens is 372 g/mol. The van der Waals surface area contributed by atoms with Gasteiger partial charge in [0.15, 0.2) is 6.54 Å². The highest BCUT2D eigenvalue weighted by Crippen LogP contribution is 2.23. The minimum Gasteiger partial charge on any atom is -0.497 e. The largest absolute Gasteiger partial charge is 0.497 e. The highest BCUT2D eigenvalue weighted by Gasteiger charge is 2.14. The maximum absolute atomic E-state index is 12.2. The molecule has 0 radical (unpaired) electrons. The Kier molecular flexibility index (Phi) is 6.63. The van der Waals surface area contributed by atoms with Crippen LogP contribution in [-0.2, 0) is 11.3 Å². The summed E-state index contributed by atoms with van der Waals surface area (Å²) in [5.41, 5.74) is 1.82. The average molecular weight is 394 g/mol. The summed E-state index contributed by atoms with van der Waals surface area (Å²) < 4.78 is 11.6. The van der Waals surface area contributed by atoms with Gasteiger partial charge in [-0.1, -0.05) is 15.9 Å². The Bertz CT molecular complexity index is 689. The van der Waals surface area contributed by atoms with Crippen molar-refractivity contribution < 1.29 is 19.2 Å². The number of quaternary nitrogens is 1. The molecule has 5 nitrogen and oxygen atoms in total. The Labute approximate surface area is 150 Å². The molecular formula is C18H22BrN2O3+. The number of ether oxygens (including phenoxy) is 2. The zero-order valence-corrected chi connectivity index (χ0v) is 15.6. The summed E-state index contributed by atoms with van der Waals surface area (Å²) in [6.07, 6.45) is 0. The molecule has 0 saturated carbocycles. The van der Waals surface area contributed by atoms with E-state index in [9.17, 15) is 4.79 Å². The van der Waals surface area contributed by atoms with E-state index in [-0.39, 0.29) is 5.91 Å². The molecule has 2 rings (SSSR count). The fourth-order valence-electron chi connectivity index (χ4n) is 2.40. The first-order valence-corrected chi connectivity index (χ1v) is 8.38. The molecule has 0 aliphatic rings. The van der Waals surface area contributed by atoms with Crippen molar-refractivity contribution in [3.05, 3.63) is 52.5 Å². The van der Waals surface area contributed by atoms with Crippen molar-refractivity contribution in [2.75, 3.05) is 33.1 Å². The maximum Gasteiger partial charge on any atom is 0.279 e. The molecule has 2 N–H and O–H groups in total. The Morgan fingerprint density at radius 1 is 1.12 bits per heavy atom. The number of nitrogens with one attached hydrogen (secondary N) is 2. The average Bonchev–Trinajstić information content (AvgIpc) is 2.57. The number of rotatable bonds is 7. The van der Waals surface area contributed by atoms with E-state index in [0.29, 0.717) is 13.1 Å². The first-order chi connectivity index (χ1) is 11.5. The van der Waals surface area contributed by atoms with Gasteiger partial charge in [-0.3, -0.25) is 4.79 Å². The minimum absolute atomic E-state index is 0.0256. The van der Waals surface area contributed by atoms with Gasteiger partial charge >= 0.3 is 0 Å². The molecule has 0 heterocycles. The van der Waals surface area contributed by atoms with Gasteiger partial charge in [-0.25, -0.2) is 0 Å². The monoisotopic (exact) mass is 393 g/mol. The predicted octanol–water partition coefficient (Wildman–Crippen LogP) is 2.12. The number of benzene rings is 2. The highest BCUT2D eigenvalue weighted by molar-refractivity contribution is 9.10. The predicted molar refractivity (Wildman–Crippen MR) is 97.8 cm³/mol. The molecule has 0 bridgehead atoms. The summed E-state index contributed by atoms with van der Waals surface area (Å²) in [5.74, 6) is 1.49. The van der Waals surface area contributed by atoms with E-state index in [4.69, 9.17) is 9.47 Å². The molecule has 0 fully saturated rings. The topological polar surface area (TPSA) is 52.0 Å². The van der Waals surface area contributed by atoms with Crippen molar-refractivity contribution >= 4 is 27.5 Å². The van der Waals surface area contributed by atoms with Crippen LogP contribution in [0.4, 0.5) is 5.69 Å². The Morgan fingerprint density at radius 3 is 2.46 bits per heavy atom. The van der Waals surface area contributed by atoms with Gasteiger partial charge in [0.2, 0.25) is 0 Å². The van der Waals surface area contributed by atoms with Gasteiger partial charge in [0.25, 0.3) is 5.91 Å². The second kappa shape index (κ2) is 8.70. The number of hydrogen-bond acceptors (Lipinski definition) is 3. The lowest BCUT2D eigenvalue weighted by Gasteiger charge is -2.16. The first kappa shape index (κ1) is 18.3. The molecule has 0 aliphatic heterocycles. The number of hydrogen-bond donors (Lipinski definition) is 2. The maximum atomic E-state index is 12.2. The van der Waals surface area contributed by atoms with Crippen molar-refractivity contribution in [1.29, 1.82) is 0 Å². The quantitative estimate of drug-likeness (QED) is 0.757. The van der Waals surface area contributed by atoms with Crippen molar-refractivity contribution in [2.24, 2.45) is 0 Å². The van der Waals surface area contributed by atoms with Crippen LogP contribution < -0.4 is 19.7 Å². The number of likely N-dealkylation sites (N-methyl/N-ethyl adjacent to an activating group) is 1. The van der Waals surface area contributed by atoms with E-state index in [1.807, 2.05) is 49.5 Å². The normalized spacial score (nSPS) is 11.7. The third-order valence-corrected chi connectivity index (χ3v) is 4.11. The second-order valence-electron chi connectivity index (χ2n) is 5.54. The molecule has 2 aromatic rings. The van der Waals surface area contributed by atoms with Crippen LogP contribution in [-0.4, -0.2) is 33.7 Å². The van der Waals surface area contributed by atoms with Gasteiger partial charge in [0.05, 0.1) is 21.3 Å². The van der Waals surface area contributed by atoms with E-state index in [0.717, 1.165) is 32.1 Å². The smallest absolute Gasteiger partial charge is 0.279 e. The van der Waals surface area contributed by atoms with Crippen LogP contribution in [0.15, 0.2) is 46.9 Å². The van der Waals surface area contributed by atoms with Crippen molar-refractivity contribution in [3.63, 3.8) is 0 Å². The lowest BCUT2D eigenvalue weighted by Crippen LogP contribution is -3.08. The molecule has 1 atom stereocenters. The van der Waals surface area contributed by atoms with Gasteiger partial charge in [-0.15, -0.1) is 0 Å². The minimum atomic E-state index is -0.0256. The molecule has 0 saturated heterocycles. The third kappa shape index (κ3) is 5.25. The van der Waals surface area contributed by atoms with E-state index in [1.165, 1.54) is 0 Å². The van der Waals surface area contributed by atoms with Crippen LogP contribution in [0.2, 0.25) is 0 Å². The van der Waals surface area contributed by atoms with E-state index < -0.39 is 0 Å². The van der Waals surface area contributed by atoms with Crippen molar-refractivity contribution in [2.45, 2.75) is 6.54 Å². The zero-order valence-electron chi connectivity index (χ0n) is 14.1. The highest BCUT2D eigenvalue weighted by atomic mass is 79.9. The molecule has 1 amide bonds. The molecule has 0 spiro atoms. The summed E-state index contributed by atoms with van der Waals surface area (Å²) in [6.45, 7) is 1.05. The van der Waals surface area contributed by atoms with Gasteiger partial charge in [0.1, 0.15) is 18.0 Å². The summed E-state index contributed by atoms with van der Waals surface area (Å²) in [6, 6.07) is 13.2. The lowest BCUT2D eigenvalue weighted by molar-refractivity contribution is -0.885. The van der Waals surface area contributed by atoms with Gasteiger partial charge in [-0.2, -0.15) is 0 Å². The number of amides is 1. The number of anilines is 1. The molecule has 6 heteroatoms. The molecule has 0 aromatic heterocycles. The fraction of sp³-hybridized carbons (Fsp3) is 0.278. The van der Waals surface area contributed by atoms with Crippen LogP contribution in [0, 0.1) is 0 Å². The molecule has 1 unspecified atom stereocenters. The van der Waals surface area contributed by atoms with E-state index in [2.05, 4.69) is 21.2 Å². The SMILES string of the molecule is COc1ccc(C[NH+](C)CC(=O)Nc2ccc(Br)cc2)c(OC)c1. The summed E-state index contributed by atoms with van der Waals surface area (Å²) in [7, 11) is 5.23. The Hall–Kier alpha value is -2.05. The lowest BCUT2D eigenvalue weighted by atomic mass is 10.2. The van der Waals surface area contributed by atoms with Gasteiger partial charge in [0, 0.05) is 21.8 Å². The number of carbonyl (C=O) groups excluding carboxylic acids is 1. The number of carbonyl (C=O) groups is 1. The van der Waals surface area contributed by atoms with Gasteiger partial charge in [-0.05, 0) is 36.4 Å². The summed E-state index contributed by atoms with van der Waals surface area (Å²) in [5, 5.41) is 2.90. The number of methoxy groups -OCH3 is 2. The fourth-order valence-corrected chi connectivity index (χ4v) is 2.66. The molecule has 128 valence electrons. The van der Waals surface area contributed by atoms with Gasteiger partial charge < -0.3 is 19.7 Å². The van der Waals surface area contributed by atoms with Crippen molar-refractivity contribution in [3.8, 4) is 11.5 Å². The molecule has 24 heavy (non-hydrogen) atoms. The van der Waals surface area contributed by atoms with Crippen LogP contribution in [0.5, 0.6) is 11.5 Å². The van der Waals surface area contributed by atoms with Crippen LogP contribution in [0.1, 0.15) is 5.56 Å². The molecule has 0 aliphatic carbocycles. The second-order valence-corrected chi connectivity index (χ2v) is 6.46. The van der Waals surface area contributed by atoms with Crippen LogP contribution in [0.3, 0.4) is 0 Å².